The number of ether oxygens (including phenoxy) is 1. The fourth-order valence-corrected chi connectivity index (χ4v) is 2.91. The molecular weight excluding hydrogens is 234 g/mol. The molecule has 1 aliphatic heterocycles. The van der Waals surface area contributed by atoms with Crippen molar-refractivity contribution in [2.75, 3.05) is 6.54 Å². The third-order valence-corrected chi connectivity index (χ3v) is 3.99. The molecule has 2 fully saturated rings. The van der Waals surface area contributed by atoms with Gasteiger partial charge in [-0.1, -0.05) is 0 Å². The molecule has 1 saturated heterocycles. The third-order valence-electron chi connectivity index (χ3n) is 3.99. The van der Waals surface area contributed by atoms with Crippen LogP contribution >= 0.6 is 0 Å². The van der Waals surface area contributed by atoms with Crippen molar-refractivity contribution >= 4 is 11.9 Å². The first-order valence-electron chi connectivity index (χ1n) is 6.71. The van der Waals surface area contributed by atoms with Crippen LogP contribution in [-0.4, -0.2) is 40.3 Å². The van der Waals surface area contributed by atoms with Crippen LogP contribution in [0.4, 0.5) is 4.79 Å². The number of carbonyl (C=O) groups excluding carboxylic acids is 1. The molecule has 0 spiro atoms. The Morgan fingerprint density at radius 1 is 1.39 bits per heavy atom. The van der Waals surface area contributed by atoms with Crippen molar-refractivity contribution in [1.29, 1.82) is 0 Å². The first kappa shape index (κ1) is 13.3. The second kappa shape index (κ2) is 5.26. The molecule has 2 rings (SSSR count). The molecule has 0 aromatic carbocycles. The molecule has 2 aliphatic rings. The maximum absolute atomic E-state index is 11.3. The minimum absolute atomic E-state index is 0.0210. The molecule has 1 atom stereocenters. The minimum atomic E-state index is -0.913. The number of rotatable bonds is 2. The Morgan fingerprint density at radius 2 is 2.06 bits per heavy atom. The number of nitrogens with zero attached hydrogens (tertiary/aromatic N) is 1. The van der Waals surface area contributed by atoms with E-state index in [1.54, 1.807) is 0 Å². The van der Waals surface area contributed by atoms with Gasteiger partial charge in [-0.25, -0.2) is 4.79 Å². The van der Waals surface area contributed by atoms with Gasteiger partial charge >= 0.3 is 6.09 Å². The zero-order valence-corrected chi connectivity index (χ0v) is 10.9. The van der Waals surface area contributed by atoms with Crippen molar-refractivity contribution in [3.05, 3.63) is 0 Å². The average Bonchev–Trinajstić information content (AvgIpc) is 2.32. The summed E-state index contributed by atoms with van der Waals surface area (Å²) in [6.45, 7) is 2.40. The highest BCUT2D eigenvalue weighted by molar-refractivity contribution is 5.79. The van der Waals surface area contributed by atoms with Crippen LogP contribution in [0, 0.1) is 0 Å². The van der Waals surface area contributed by atoms with Crippen LogP contribution in [0.2, 0.25) is 0 Å². The molecule has 5 heteroatoms. The summed E-state index contributed by atoms with van der Waals surface area (Å²) >= 11 is 0. The number of amides is 1. The minimum Gasteiger partial charge on any atom is -0.465 e. The molecule has 0 aromatic rings. The van der Waals surface area contributed by atoms with Crippen LogP contribution in [0.3, 0.4) is 0 Å². The lowest BCUT2D eigenvalue weighted by Crippen LogP contribution is -2.55. The molecule has 1 aliphatic carbocycles. The monoisotopic (exact) mass is 255 g/mol. The van der Waals surface area contributed by atoms with Gasteiger partial charge in [-0.2, -0.15) is 0 Å². The highest BCUT2D eigenvalue weighted by atomic mass is 16.5. The van der Waals surface area contributed by atoms with E-state index in [4.69, 9.17) is 4.74 Å². The van der Waals surface area contributed by atoms with Crippen molar-refractivity contribution in [2.45, 2.75) is 63.7 Å². The number of ketones is 1. The van der Waals surface area contributed by atoms with Crippen molar-refractivity contribution < 1.29 is 19.4 Å². The Labute approximate surface area is 107 Å². The van der Waals surface area contributed by atoms with Gasteiger partial charge in [0, 0.05) is 19.4 Å². The van der Waals surface area contributed by atoms with E-state index in [1.165, 1.54) is 4.90 Å². The number of hydrogen-bond donors (Lipinski definition) is 1. The van der Waals surface area contributed by atoms with Crippen LogP contribution in [0.15, 0.2) is 0 Å². The van der Waals surface area contributed by atoms with Crippen LogP contribution in [0.1, 0.15) is 51.9 Å². The molecule has 1 heterocycles. The van der Waals surface area contributed by atoms with Gasteiger partial charge in [0.05, 0.1) is 6.10 Å². The predicted molar refractivity (Wildman–Crippen MR) is 65.3 cm³/mol. The zero-order valence-electron chi connectivity index (χ0n) is 10.9. The summed E-state index contributed by atoms with van der Waals surface area (Å²) in [4.78, 5) is 23.9. The fourth-order valence-electron chi connectivity index (χ4n) is 2.91. The number of likely N-dealkylation sites (tertiary alicyclic amines) is 1. The number of carboxylic acid groups (broad SMARTS) is 1. The summed E-state index contributed by atoms with van der Waals surface area (Å²) in [5.41, 5.74) is -0.713. The Hall–Kier alpha value is -1.10. The lowest BCUT2D eigenvalue weighted by atomic mass is 9.94. The van der Waals surface area contributed by atoms with E-state index < -0.39 is 11.8 Å². The molecule has 1 amide bonds. The first-order valence-corrected chi connectivity index (χ1v) is 6.71. The molecule has 1 unspecified atom stereocenters. The highest BCUT2D eigenvalue weighted by Gasteiger charge is 2.40. The van der Waals surface area contributed by atoms with Gasteiger partial charge in [-0.3, -0.25) is 9.69 Å². The van der Waals surface area contributed by atoms with Gasteiger partial charge in [0.2, 0.25) is 0 Å². The second-order valence-corrected chi connectivity index (χ2v) is 5.42. The van der Waals surface area contributed by atoms with E-state index in [-0.39, 0.29) is 6.10 Å². The van der Waals surface area contributed by atoms with Crippen LogP contribution in [-0.2, 0) is 9.53 Å². The lowest BCUT2D eigenvalue weighted by molar-refractivity contribution is -0.185. The smallest absolute Gasteiger partial charge is 0.409 e. The van der Waals surface area contributed by atoms with Crippen molar-refractivity contribution in [3.63, 3.8) is 0 Å². The summed E-state index contributed by atoms with van der Waals surface area (Å²) in [5, 5.41) is 9.24. The van der Waals surface area contributed by atoms with E-state index >= 15 is 0 Å². The maximum Gasteiger partial charge on any atom is 0.409 e. The molecule has 0 bridgehead atoms. The largest absolute Gasteiger partial charge is 0.465 e. The Kier molecular flexibility index (Phi) is 3.90. The highest BCUT2D eigenvalue weighted by Crippen LogP contribution is 2.33. The lowest BCUT2D eigenvalue weighted by Gasteiger charge is -2.45. The summed E-state index contributed by atoms with van der Waals surface area (Å²) in [6.07, 6.45) is 4.31. The van der Waals surface area contributed by atoms with Crippen LogP contribution < -0.4 is 0 Å². The molecule has 0 aromatic heterocycles. The van der Waals surface area contributed by atoms with Gasteiger partial charge in [0.1, 0.15) is 11.5 Å². The Balaban J connectivity index is 2.00. The zero-order chi connectivity index (χ0) is 13.2. The van der Waals surface area contributed by atoms with Gasteiger partial charge in [-0.05, 0) is 39.0 Å². The fraction of sp³-hybridized carbons (Fsp3) is 0.846. The third kappa shape index (κ3) is 2.83. The van der Waals surface area contributed by atoms with E-state index in [1.807, 2.05) is 6.92 Å². The molecule has 5 nitrogen and oxygen atoms in total. The number of carbonyl (C=O) groups is 2. The molecule has 1 N–H and O–H groups in total. The predicted octanol–water partition coefficient (Wildman–Crippen LogP) is 2.39. The SMILES string of the molecule is CC1(OC2CCC(=O)CC2)CCCCN1C(=O)O. The molecule has 18 heavy (non-hydrogen) atoms. The number of hydrogen-bond acceptors (Lipinski definition) is 3. The maximum atomic E-state index is 11.3. The second-order valence-electron chi connectivity index (χ2n) is 5.42. The van der Waals surface area contributed by atoms with Crippen molar-refractivity contribution in [1.82, 2.24) is 4.90 Å². The van der Waals surface area contributed by atoms with Crippen LogP contribution in [0.25, 0.3) is 0 Å². The molecule has 0 radical (unpaired) electrons. The average molecular weight is 255 g/mol. The Bertz CT molecular complexity index is 334. The summed E-state index contributed by atoms with van der Waals surface area (Å²) in [7, 11) is 0. The van der Waals surface area contributed by atoms with Crippen molar-refractivity contribution in [2.24, 2.45) is 0 Å². The molecule has 1 saturated carbocycles. The first-order chi connectivity index (χ1) is 8.51. The van der Waals surface area contributed by atoms with E-state index in [0.29, 0.717) is 25.2 Å². The van der Waals surface area contributed by atoms with Gasteiger partial charge < -0.3 is 9.84 Å². The quantitative estimate of drug-likeness (QED) is 0.822. The summed E-state index contributed by atoms with van der Waals surface area (Å²) in [5.74, 6) is 0.290. The molecule has 102 valence electrons. The van der Waals surface area contributed by atoms with Gasteiger partial charge in [0.15, 0.2) is 0 Å². The summed E-state index contributed by atoms with van der Waals surface area (Å²) < 4.78 is 6.03. The van der Waals surface area contributed by atoms with E-state index in [0.717, 1.165) is 32.1 Å². The Morgan fingerprint density at radius 3 is 2.67 bits per heavy atom. The van der Waals surface area contributed by atoms with Gasteiger partial charge in [-0.15, -0.1) is 0 Å². The van der Waals surface area contributed by atoms with Crippen LogP contribution in [0.5, 0.6) is 0 Å². The van der Waals surface area contributed by atoms with Crippen molar-refractivity contribution in [3.8, 4) is 0 Å². The molecular formula is C13H21NO4. The van der Waals surface area contributed by atoms with E-state index in [2.05, 4.69) is 0 Å². The van der Waals surface area contributed by atoms with E-state index in [9.17, 15) is 14.7 Å². The standard InChI is InChI=1S/C13H21NO4/c1-13(8-2-3-9-14(13)12(16)17)18-11-6-4-10(15)5-7-11/h11H,2-9H2,1H3,(H,16,17). The van der Waals surface area contributed by atoms with Gasteiger partial charge in [0.25, 0.3) is 0 Å². The number of piperidine rings is 1. The normalized spacial score (nSPS) is 30.5. The topological polar surface area (TPSA) is 66.8 Å². The number of Topliss-reactive ketones (excluding diaryl/α,β-unsaturated/α-hetero) is 1. The summed E-state index contributed by atoms with van der Waals surface area (Å²) in [6, 6.07) is 0.